The van der Waals surface area contributed by atoms with Crippen molar-refractivity contribution in [3.05, 3.63) is 95.0 Å². The normalized spacial score (nSPS) is 15.8. The molecule has 4 rings (SSSR count). The number of esters is 1. The van der Waals surface area contributed by atoms with E-state index in [1.165, 1.54) is 29.4 Å². The smallest absolute Gasteiger partial charge is 0.410 e. The van der Waals surface area contributed by atoms with Crippen LogP contribution in [0.15, 0.2) is 83.8 Å². The summed E-state index contributed by atoms with van der Waals surface area (Å²) in [6.45, 7) is 4.61. The molecule has 2 atom stereocenters. The summed E-state index contributed by atoms with van der Waals surface area (Å²) in [6.07, 6.45) is -2.59. The third-order valence-electron chi connectivity index (χ3n) is 6.87. The van der Waals surface area contributed by atoms with Crippen LogP contribution in [-0.2, 0) is 41.1 Å². The lowest BCUT2D eigenvalue weighted by Gasteiger charge is -2.48. The Bertz CT molecular complexity index is 1610. The quantitative estimate of drug-likeness (QED) is 0.213. The fourth-order valence-corrected chi connectivity index (χ4v) is 6.35. The highest BCUT2D eigenvalue weighted by Crippen LogP contribution is 2.40. The molecule has 1 unspecified atom stereocenters. The molecule has 0 saturated carbocycles. The zero-order valence-corrected chi connectivity index (χ0v) is 25.9. The maximum Gasteiger partial charge on any atom is 0.410 e. The van der Waals surface area contributed by atoms with E-state index >= 15 is 0 Å². The van der Waals surface area contributed by atoms with Crippen LogP contribution in [0.5, 0.6) is 5.75 Å². The van der Waals surface area contributed by atoms with Gasteiger partial charge in [0, 0.05) is 18.4 Å². The number of carboxylic acid groups (broad SMARTS) is 1. The lowest BCUT2D eigenvalue weighted by Crippen LogP contribution is -2.64. The molecule has 3 aromatic carbocycles. The van der Waals surface area contributed by atoms with Gasteiger partial charge < -0.3 is 24.6 Å². The number of ether oxygens (including phenoxy) is 3. The summed E-state index contributed by atoms with van der Waals surface area (Å²) >= 11 is 6.14. The summed E-state index contributed by atoms with van der Waals surface area (Å²) in [5, 5.41) is 12.4. The van der Waals surface area contributed by atoms with Crippen LogP contribution >= 0.6 is 11.6 Å². The van der Waals surface area contributed by atoms with Gasteiger partial charge in [-0.15, -0.1) is 0 Å². The molecule has 1 amide bonds. The fraction of sp³-hybridized carbons (Fsp3) is 0.323. The first-order valence-electron chi connectivity index (χ1n) is 13.8. The molecular formula is C31H33ClN2O9S. The Balaban J connectivity index is 1.46. The highest BCUT2D eigenvalue weighted by Gasteiger charge is 2.52. The maximum atomic E-state index is 13.6. The summed E-state index contributed by atoms with van der Waals surface area (Å²) < 4.78 is 44.8. The van der Waals surface area contributed by atoms with Crippen LogP contribution in [-0.4, -0.2) is 61.3 Å². The number of amides is 1. The van der Waals surface area contributed by atoms with E-state index in [4.69, 9.17) is 25.8 Å². The number of benzene rings is 3. The molecule has 1 heterocycles. The molecule has 0 spiro atoms. The van der Waals surface area contributed by atoms with E-state index in [0.717, 1.165) is 5.56 Å². The average Bonchev–Trinajstić information content (AvgIpc) is 2.94. The lowest BCUT2D eigenvalue weighted by molar-refractivity contribution is -0.169. The first-order chi connectivity index (χ1) is 20.8. The van der Waals surface area contributed by atoms with Gasteiger partial charge in [0.1, 0.15) is 11.8 Å². The lowest BCUT2D eigenvalue weighted by atomic mass is 9.87. The van der Waals surface area contributed by atoms with E-state index < -0.39 is 51.9 Å². The Morgan fingerprint density at radius 1 is 0.955 bits per heavy atom. The minimum Gasteiger partial charge on any atom is -0.480 e. The van der Waals surface area contributed by atoms with Crippen molar-refractivity contribution in [1.29, 1.82) is 0 Å². The van der Waals surface area contributed by atoms with Crippen molar-refractivity contribution in [3.8, 4) is 5.75 Å². The first-order valence-corrected chi connectivity index (χ1v) is 15.6. The zero-order valence-electron chi connectivity index (χ0n) is 24.3. The number of nitrogens with zero attached hydrogens (tertiary/aromatic N) is 1. The van der Waals surface area contributed by atoms with Gasteiger partial charge >= 0.3 is 18.0 Å². The molecule has 1 aliphatic rings. The van der Waals surface area contributed by atoms with E-state index in [-0.39, 0.29) is 24.4 Å². The molecule has 44 heavy (non-hydrogen) atoms. The van der Waals surface area contributed by atoms with Crippen LogP contribution in [0.4, 0.5) is 4.79 Å². The van der Waals surface area contributed by atoms with Gasteiger partial charge in [0.05, 0.1) is 23.9 Å². The number of halogens is 1. The molecule has 1 fully saturated rings. The second-order valence-corrected chi connectivity index (χ2v) is 13.0. The van der Waals surface area contributed by atoms with Gasteiger partial charge in [0.15, 0.2) is 5.60 Å². The van der Waals surface area contributed by atoms with Gasteiger partial charge in [-0.05, 0) is 41.5 Å². The van der Waals surface area contributed by atoms with Crippen molar-refractivity contribution in [2.24, 2.45) is 5.92 Å². The third kappa shape index (κ3) is 7.87. The number of nitrogens with one attached hydrogen (secondary N) is 1. The monoisotopic (exact) mass is 644 g/mol. The van der Waals surface area contributed by atoms with Crippen LogP contribution in [0.1, 0.15) is 31.9 Å². The van der Waals surface area contributed by atoms with Crippen LogP contribution in [0.2, 0.25) is 5.02 Å². The number of carbonyl (C=O) groups excluding carboxylic acids is 2. The summed E-state index contributed by atoms with van der Waals surface area (Å²) in [5.74, 6) is -1.90. The Morgan fingerprint density at radius 3 is 2.27 bits per heavy atom. The minimum absolute atomic E-state index is 0.0286. The molecule has 13 heteroatoms. The fourth-order valence-electron chi connectivity index (χ4n) is 4.57. The molecule has 2 N–H and O–H groups in total. The molecular weight excluding hydrogens is 612 g/mol. The SMILES string of the molecule is CC(OC(=O)N[C@@H](Cc1cccc(S(=O)(=O)N2CC(Oc3cccc(Cl)c3)(c3ccccc3)C2)c1)C(=O)O)OC(=O)C(C)C. The summed E-state index contributed by atoms with van der Waals surface area (Å²) in [4.78, 5) is 35.9. The zero-order chi connectivity index (χ0) is 32.1. The van der Waals surface area contributed by atoms with Gasteiger partial charge in [-0.3, -0.25) is 4.79 Å². The molecule has 0 aromatic heterocycles. The first kappa shape index (κ1) is 32.8. The minimum atomic E-state index is -4.00. The molecule has 1 saturated heterocycles. The number of aliphatic carboxylic acids is 1. The second kappa shape index (κ2) is 13.7. The van der Waals surface area contributed by atoms with Crippen LogP contribution in [0, 0.1) is 5.92 Å². The van der Waals surface area contributed by atoms with Crippen molar-refractivity contribution in [1.82, 2.24) is 9.62 Å². The van der Waals surface area contributed by atoms with Crippen molar-refractivity contribution in [3.63, 3.8) is 0 Å². The van der Waals surface area contributed by atoms with Crippen molar-refractivity contribution >= 4 is 39.7 Å². The number of rotatable bonds is 12. The summed E-state index contributed by atoms with van der Waals surface area (Å²) in [7, 11) is -4.00. The van der Waals surface area contributed by atoms with Crippen LogP contribution in [0.3, 0.4) is 0 Å². The number of alkyl carbamates (subject to hydrolysis) is 1. The van der Waals surface area contributed by atoms with Crippen LogP contribution in [0.25, 0.3) is 0 Å². The van der Waals surface area contributed by atoms with Crippen molar-refractivity contribution in [2.45, 2.75) is 50.0 Å². The molecule has 0 bridgehead atoms. The van der Waals surface area contributed by atoms with Gasteiger partial charge in [0.25, 0.3) is 0 Å². The molecule has 11 nitrogen and oxygen atoms in total. The molecule has 0 radical (unpaired) electrons. The Hall–Kier alpha value is -4.13. The Labute approximate surface area is 260 Å². The maximum absolute atomic E-state index is 13.6. The molecule has 234 valence electrons. The van der Waals surface area contributed by atoms with E-state index in [9.17, 15) is 27.9 Å². The highest BCUT2D eigenvalue weighted by molar-refractivity contribution is 7.89. The second-order valence-electron chi connectivity index (χ2n) is 10.6. The summed E-state index contributed by atoms with van der Waals surface area (Å²) in [6, 6.07) is 20.6. The third-order valence-corrected chi connectivity index (χ3v) is 8.89. The number of carboxylic acids is 1. The largest absolute Gasteiger partial charge is 0.480 e. The van der Waals surface area contributed by atoms with E-state index in [0.29, 0.717) is 16.3 Å². The van der Waals surface area contributed by atoms with Crippen molar-refractivity contribution in [2.75, 3.05) is 13.1 Å². The standard InChI is InChI=1S/C31H33ClN2O9S/c1-20(2)29(37)41-21(3)42-30(38)33-27(28(35)36)16-22-9-7-14-26(15-22)44(39,40)34-18-31(19-34,23-10-5-4-6-11-23)43-25-13-8-12-24(32)17-25/h4-15,17,20-21,27H,16,18-19H2,1-3H3,(H,33,38)(H,35,36)/t21?,27-/m0/s1. The van der Waals surface area contributed by atoms with Gasteiger partial charge in [-0.1, -0.05) is 74.0 Å². The number of hydrogen-bond acceptors (Lipinski definition) is 8. The predicted octanol–water partition coefficient (Wildman–Crippen LogP) is 4.59. The van der Waals surface area contributed by atoms with Crippen molar-refractivity contribution < 1.29 is 42.1 Å². The van der Waals surface area contributed by atoms with E-state index in [1.54, 1.807) is 44.2 Å². The highest BCUT2D eigenvalue weighted by atomic mass is 35.5. The number of hydrogen-bond donors (Lipinski definition) is 2. The topological polar surface area (TPSA) is 149 Å². The van der Waals surface area contributed by atoms with E-state index in [2.05, 4.69) is 5.32 Å². The Morgan fingerprint density at radius 2 is 1.64 bits per heavy atom. The van der Waals surface area contributed by atoms with Crippen LogP contribution < -0.4 is 10.1 Å². The molecule has 1 aliphatic heterocycles. The van der Waals surface area contributed by atoms with Gasteiger partial charge in [0.2, 0.25) is 16.3 Å². The predicted molar refractivity (Wildman–Crippen MR) is 161 cm³/mol. The van der Waals surface area contributed by atoms with Gasteiger partial charge in [-0.2, -0.15) is 4.31 Å². The van der Waals surface area contributed by atoms with Gasteiger partial charge in [-0.25, -0.2) is 18.0 Å². The van der Waals surface area contributed by atoms with E-state index in [1.807, 2.05) is 30.3 Å². The number of carbonyl (C=O) groups is 3. The number of sulfonamides is 1. The Kier molecular flexibility index (Phi) is 10.2. The molecule has 0 aliphatic carbocycles. The average molecular weight is 645 g/mol. The summed E-state index contributed by atoms with van der Waals surface area (Å²) in [5.41, 5.74) is 0.203. The molecule has 3 aromatic rings.